The third-order valence-corrected chi connectivity index (χ3v) is 11.3. The van der Waals surface area contributed by atoms with Crippen molar-refractivity contribution in [2.75, 3.05) is 59.2 Å². The zero-order valence-electron chi connectivity index (χ0n) is 35.3. The van der Waals surface area contributed by atoms with Gasteiger partial charge in [0, 0.05) is 39.3 Å². The smallest absolute Gasteiger partial charge is 0.409 e. The number of halogens is 1. The van der Waals surface area contributed by atoms with E-state index in [0.717, 1.165) is 11.1 Å². The van der Waals surface area contributed by atoms with E-state index in [-0.39, 0.29) is 57.1 Å². The van der Waals surface area contributed by atoms with E-state index in [1.165, 1.54) is 26.0 Å². The van der Waals surface area contributed by atoms with Crippen LogP contribution in [0.5, 0.6) is 5.75 Å². The number of carbonyl (C=O) groups excluding carboxylic acids is 6. The number of epoxide rings is 1. The summed E-state index contributed by atoms with van der Waals surface area (Å²) < 4.78 is 45.4. The number of hydrogen-bond donors (Lipinski definition) is 2. The van der Waals surface area contributed by atoms with Gasteiger partial charge in [0.05, 0.1) is 51.7 Å². The summed E-state index contributed by atoms with van der Waals surface area (Å²) >= 11 is 6.75. The minimum absolute atomic E-state index is 0.0181. The van der Waals surface area contributed by atoms with Crippen molar-refractivity contribution in [2.24, 2.45) is 5.92 Å². The minimum atomic E-state index is -1.85. The number of ether oxygens (including phenoxy) is 8. The maximum absolute atomic E-state index is 14.1. The predicted molar refractivity (Wildman–Crippen MR) is 213 cm³/mol. The van der Waals surface area contributed by atoms with Crippen molar-refractivity contribution < 1.29 is 76.6 Å². The number of hydroxylamine groups is 2. The molecular formula is C41H54ClN3O16. The number of hydrogen-bond acceptors (Lipinski definition) is 16. The van der Waals surface area contributed by atoms with E-state index in [2.05, 4.69) is 5.32 Å². The highest BCUT2D eigenvalue weighted by Gasteiger charge is 2.64. The van der Waals surface area contributed by atoms with E-state index in [9.17, 15) is 33.9 Å². The third-order valence-electron chi connectivity index (χ3n) is 10.9. The van der Waals surface area contributed by atoms with E-state index < -0.39 is 90.1 Å². The first kappa shape index (κ1) is 47.4. The van der Waals surface area contributed by atoms with Gasteiger partial charge in [-0.3, -0.25) is 19.7 Å². The number of carbonyl (C=O) groups is 6. The lowest BCUT2D eigenvalue weighted by atomic mass is 9.83. The summed E-state index contributed by atoms with van der Waals surface area (Å²) in [4.78, 5) is 81.7. The van der Waals surface area contributed by atoms with E-state index in [0.29, 0.717) is 22.9 Å². The second kappa shape index (κ2) is 20.5. The van der Waals surface area contributed by atoms with Crippen molar-refractivity contribution in [3.63, 3.8) is 0 Å². The molecule has 4 bridgehead atoms. The van der Waals surface area contributed by atoms with Gasteiger partial charge < -0.3 is 52.7 Å². The van der Waals surface area contributed by atoms with Gasteiger partial charge in [-0.25, -0.2) is 14.4 Å². The van der Waals surface area contributed by atoms with Gasteiger partial charge in [0.2, 0.25) is 5.91 Å². The highest BCUT2D eigenvalue weighted by molar-refractivity contribution is 6.35. The zero-order chi connectivity index (χ0) is 44.6. The second-order valence-electron chi connectivity index (χ2n) is 15.4. The molecule has 5 rings (SSSR count). The molecule has 0 saturated carbocycles. The molecule has 0 aromatic heterocycles. The van der Waals surface area contributed by atoms with Crippen LogP contribution < -0.4 is 15.0 Å². The van der Waals surface area contributed by atoms with Crippen molar-refractivity contribution in [3.05, 3.63) is 46.5 Å². The van der Waals surface area contributed by atoms with Crippen LogP contribution >= 0.6 is 11.6 Å². The fourth-order valence-electron chi connectivity index (χ4n) is 7.35. The van der Waals surface area contributed by atoms with Gasteiger partial charge in [-0.15, -0.1) is 5.06 Å². The molecule has 4 aliphatic rings. The van der Waals surface area contributed by atoms with Gasteiger partial charge in [-0.2, -0.15) is 0 Å². The first-order valence-corrected chi connectivity index (χ1v) is 20.2. The van der Waals surface area contributed by atoms with Crippen molar-refractivity contribution in [1.29, 1.82) is 0 Å². The summed E-state index contributed by atoms with van der Waals surface area (Å²) in [5, 5.41) is 14.9. The van der Waals surface area contributed by atoms with Crippen LogP contribution in [-0.2, 0) is 68.4 Å². The molecule has 336 valence electrons. The molecule has 4 amide bonds. The molecule has 3 fully saturated rings. The normalized spacial score (nSPS) is 30.0. The topological polar surface area (TPSA) is 228 Å². The van der Waals surface area contributed by atoms with Crippen LogP contribution in [0.4, 0.5) is 10.5 Å². The lowest BCUT2D eigenvalue weighted by Crippen LogP contribution is -2.63. The maximum Gasteiger partial charge on any atom is 0.409 e. The van der Waals surface area contributed by atoms with Crippen LogP contribution in [0.2, 0.25) is 5.02 Å². The Morgan fingerprint density at radius 2 is 1.74 bits per heavy atom. The lowest BCUT2D eigenvalue weighted by molar-refractivity contribution is -0.200. The summed E-state index contributed by atoms with van der Waals surface area (Å²) in [6.07, 6.45) is -0.497. The molecule has 0 radical (unpaired) electrons. The van der Waals surface area contributed by atoms with Crippen LogP contribution in [0.1, 0.15) is 58.9 Å². The minimum Gasteiger partial charge on any atom is -0.495 e. The zero-order valence-corrected chi connectivity index (χ0v) is 36.0. The molecule has 19 nitrogen and oxygen atoms in total. The number of rotatable bonds is 14. The quantitative estimate of drug-likeness (QED) is 0.119. The average Bonchev–Trinajstić information content (AvgIpc) is 3.82. The van der Waals surface area contributed by atoms with Gasteiger partial charge in [-0.1, -0.05) is 42.3 Å². The largest absolute Gasteiger partial charge is 0.495 e. The molecule has 8 atom stereocenters. The molecule has 4 aliphatic heterocycles. The Morgan fingerprint density at radius 1 is 1.05 bits per heavy atom. The summed E-state index contributed by atoms with van der Waals surface area (Å²) in [7, 11) is 4.44. The van der Waals surface area contributed by atoms with Crippen LogP contribution in [0, 0.1) is 5.92 Å². The molecule has 20 heteroatoms. The first-order valence-electron chi connectivity index (χ1n) is 19.8. The van der Waals surface area contributed by atoms with Gasteiger partial charge in [0.15, 0.2) is 11.8 Å². The molecule has 0 aliphatic carbocycles. The third kappa shape index (κ3) is 11.6. The fraction of sp³-hybridized carbons (Fsp3) is 0.610. The molecule has 3 saturated heterocycles. The number of nitrogens with zero attached hydrogens (tertiary/aromatic N) is 2. The van der Waals surface area contributed by atoms with Crippen molar-refractivity contribution in [2.45, 2.75) is 102 Å². The molecule has 1 unspecified atom stereocenters. The molecule has 0 spiro atoms. The number of amides is 4. The van der Waals surface area contributed by atoms with Crippen LogP contribution in [0.15, 0.2) is 35.9 Å². The van der Waals surface area contributed by atoms with Crippen molar-refractivity contribution >= 4 is 53.0 Å². The monoisotopic (exact) mass is 879 g/mol. The highest BCUT2D eigenvalue weighted by atomic mass is 35.5. The van der Waals surface area contributed by atoms with Crippen LogP contribution in [-0.4, -0.2) is 142 Å². The number of methoxy groups -OCH3 is 2. The fourth-order valence-corrected chi connectivity index (χ4v) is 7.67. The summed E-state index contributed by atoms with van der Waals surface area (Å²) in [5.41, 5.74) is -1.04. The molecule has 1 aromatic carbocycles. The van der Waals surface area contributed by atoms with Gasteiger partial charge in [0.25, 0.3) is 11.8 Å². The molecule has 1 aromatic rings. The van der Waals surface area contributed by atoms with E-state index >= 15 is 0 Å². The second-order valence-corrected chi connectivity index (χ2v) is 15.8. The van der Waals surface area contributed by atoms with Crippen LogP contribution in [0.25, 0.3) is 0 Å². The summed E-state index contributed by atoms with van der Waals surface area (Å²) in [6.45, 7) is 6.37. The number of aliphatic hydroxyl groups is 1. The summed E-state index contributed by atoms with van der Waals surface area (Å²) in [6, 6.07) is 3.54. The Kier molecular flexibility index (Phi) is 15.9. The Bertz CT molecular complexity index is 1880. The Hall–Kier alpha value is -4.63. The molecule has 2 N–H and O–H groups in total. The molecule has 4 heterocycles. The number of nitrogens with one attached hydrogen (secondary N) is 1. The predicted octanol–water partition coefficient (Wildman–Crippen LogP) is 2.71. The molecule has 61 heavy (non-hydrogen) atoms. The Morgan fingerprint density at radius 3 is 2.43 bits per heavy atom. The number of alkyl carbamates (subject to hydrolysis) is 1. The van der Waals surface area contributed by atoms with E-state index in [1.807, 2.05) is 13.0 Å². The highest BCUT2D eigenvalue weighted by Crippen LogP contribution is 2.49. The van der Waals surface area contributed by atoms with E-state index in [1.54, 1.807) is 45.2 Å². The number of esters is 1. The van der Waals surface area contributed by atoms with Gasteiger partial charge >= 0.3 is 18.0 Å². The number of benzene rings is 1. The standard InChI is InChI=1S/C41H54ClN3O16/c1-23-9-8-10-30(54-7)41(52)21-29(58-39(51)43-41)24(2)37-40(4,60-37)31(20-34(48)44(5)27-18-26(17-23)19-28(53-6)36(27)42)59-38(50)25(3)57-16-15-55-13-14-56-22-35(49)61-45-32(46)11-12-33(45)47/h8-10,18-19,24-25,29-31,37,52H,11-17,20-22H2,1-7H3,(H,43,51)/b10-8+,23-9+/t24-,25+,29?,30-,31+,37+,40+,41+/m1/s1. The number of allylic oxidation sites excluding steroid dienone is 3. The molecular weight excluding hydrogens is 826 g/mol. The Balaban J connectivity index is 1.27. The van der Waals surface area contributed by atoms with Gasteiger partial charge in [0.1, 0.15) is 41.3 Å². The maximum atomic E-state index is 14.1. The Labute approximate surface area is 358 Å². The lowest BCUT2D eigenvalue weighted by Gasteiger charge is -2.42. The number of fused-ring (bicyclic) bond motifs is 5. The van der Waals surface area contributed by atoms with Crippen molar-refractivity contribution in [1.82, 2.24) is 10.4 Å². The average molecular weight is 880 g/mol. The number of anilines is 1. The van der Waals surface area contributed by atoms with Crippen LogP contribution in [0.3, 0.4) is 0 Å². The van der Waals surface area contributed by atoms with E-state index in [4.69, 9.17) is 54.3 Å². The summed E-state index contributed by atoms with van der Waals surface area (Å²) in [5.74, 6) is -3.57. The number of imide groups is 1. The first-order chi connectivity index (χ1) is 28.9. The SMILES string of the molecule is COc1cc2cc(c1Cl)N(C)C(=O)C[C@H](OC(=O)[C@H](C)OCCOCCOCC(=O)ON1C(=O)CCC1=O)[C@]1(C)O[C@H]1[C@H](C)C1C[C@@](O)(NC(=O)O1)[C@H](OC)/C=C/C=C(\C)C2. The van der Waals surface area contributed by atoms with Gasteiger partial charge in [-0.05, 0) is 44.9 Å². The van der Waals surface area contributed by atoms with Crippen molar-refractivity contribution in [3.8, 4) is 5.75 Å².